The fourth-order valence-electron chi connectivity index (χ4n) is 0.632. The minimum Gasteiger partial charge on any atom is -0.307 e. The van der Waals surface area contributed by atoms with Gasteiger partial charge in [0.05, 0.1) is 13.2 Å². The molecule has 0 unspecified atom stereocenters. The van der Waals surface area contributed by atoms with Crippen molar-refractivity contribution in [3.8, 4) is 0 Å². The summed E-state index contributed by atoms with van der Waals surface area (Å²) in [5, 5.41) is 0. The predicted octanol–water partition coefficient (Wildman–Crippen LogP) is 3.72. The number of hydrogen-bond acceptors (Lipinski definition) is 3. The second-order valence-electron chi connectivity index (χ2n) is 4.11. The summed E-state index contributed by atoms with van der Waals surface area (Å²) in [6.07, 6.45) is 0. The zero-order chi connectivity index (χ0) is 11.2. The molecule has 0 fully saturated rings. The highest BCUT2D eigenvalue weighted by molar-refractivity contribution is 7.55. The van der Waals surface area contributed by atoms with Crippen molar-refractivity contribution in [3.63, 3.8) is 0 Å². The molecule has 0 radical (unpaired) electrons. The van der Waals surface area contributed by atoms with Crippen LogP contribution in [-0.4, -0.2) is 18.8 Å². The topological polar surface area (TPSA) is 35.5 Å². The molecule has 0 N–H and O–H groups in total. The molecule has 5 heteroatoms. The lowest BCUT2D eigenvalue weighted by Gasteiger charge is -2.18. The lowest BCUT2D eigenvalue weighted by molar-refractivity contribution is 0.176. The molecule has 86 valence electrons. The summed E-state index contributed by atoms with van der Waals surface area (Å²) >= 11 is 5.56. The lowest BCUT2D eigenvalue weighted by Crippen LogP contribution is -2.06. The third kappa shape index (κ3) is 6.83. The minimum atomic E-state index is -3.04. The highest BCUT2D eigenvalue weighted by atomic mass is 35.5. The molecule has 0 aromatic carbocycles. The first-order chi connectivity index (χ1) is 6.39. The Bertz CT molecular complexity index is 178. The van der Waals surface area contributed by atoms with Crippen LogP contribution < -0.4 is 0 Å². The molecule has 0 aliphatic rings. The van der Waals surface area contributed by atoms with Crippen molar-refractivity contribution in [2.45, 2.75) is 27.7 Å². The molecule has 0 aliphatic heterocycles. The standard InChI is InChI=1S/C9H20ClO3P/c1-8(2)5-12-14(11,7-10)13-6-9(3)4/h8-9H,5-7H2,1-4H3. The first-order valence-corrected chi connectivity index (χ1v) is 7.10. The molecule has 0 saturated carbocycles. The van der Waals surface area contributed by atoms with Crippen LogP contribution in [0, 0.1) is 11.8 Å². The van der Waals surface area contributed by atoms with Gasteiger partial charge in [0.15, 0.2) is 0 Å². The van der Waals surface area contributed by atoms with Crippen LogP contribution in [0.25, 0.3) is 0 Å². The van der Waals surface area contributed by atoms with Crippen molar-refractivity contribution < 1.29 is 13.6 Å². The third-order valence-corrected chi connectivity index (χ3v) is 3.61. The maximum absolute atomic E-state index is 11.8. The van der Waals surface area contributed by atoms with Gasteiger partial charge >= 0.3 is 7.60 Å². The fourth-order valence-corrected chi connectivity index (χ4v) is 2.31. The van der Waals surface area contributed by atoms with Crippen LogP contribution in [-0.2, 0) is 13.6 Å². The van der Waals surface area contributed by atoms with Crippen molar-refractivity contribution in [2.75, 3.05) is 18.8 Å². The van der Waals surface area contributed by atoms with Gasteiger partial charge in [0, 0.05) is 0 Å². The van der Waals surface area contributed by atoms with E-state index in [1.165, 1.54) is 0 Å². The third-order valence-electron chi connectivity index (χ3n) is 1.36. The van der Waals surface area contributed by atoms with Crippen LogP contribution >= 0.6 is 19.2 Å². The molecule has 0 atom stereocenters. The molecule has 3 nitrogen and oxygen atoms in total. The minimum absolute atomic E-state index is 0.0769. The number of hydrogen-bond donors (Lipinski definition) is 0. The summed E-state index contributed by atoms with van der Waals surface area (Å²) in [5.41, 5.74) is -0.0769. The maximum atomic E-state index is 11.8. The van der Waals surface area contributed by atoms with Gasteiger partial charge in [0.25, 0.3) is 0 Å². The highest BCUT2D eigenvalue weighted by Gasteiger charge is 2.23. The predicted molar refractivity (Wildman–Crippen MR) is 59.9 cm³/mol. The van der Waals surface area contributed by atoms with E-state index in [9.17, 15) is 4.57 Å². The van der Waals surface area contributed by atoms with Gasteiger partial charge in [-0.3, -0.25) is 4.57 Å². The maximum Gasteiger partial charge on any atom is 0.345 e. The summed E-state index contributed by atoms with van der Waals surface area (Å²) < 4.78 is 22.2. The summed E-state index contributed by atoms with van der Waals surface area (Å²) in [6.45, 7) is 8.79. The Balaban J connectivity index is 3.98. The Hall–Kier alpha value is 0.440. The van der Waals surface area contributed by atoms with Crippen molar-refractivity contribution in [1.82, 2.24) is 0 Å². The Morgan fingerprint density at radius 2 is 1.43 bits per heavy atom. The van der Waals surface area contributed by atoms with E-state index in [0.29, 0.717) is 25.0 Å². The lowest BCUT2D eigenvalue weighted by atomic mass is 10.2. The van der Waals surface area contributed by atoms with Crippen molar-refractivity contribution in [2.24, 2.45) is 11.8 Å². The van der Waals surface area contributed by atoms with E-state index in [-0.39, 0.29) is 5.62 Å². The van der Waals surface area contributed by atoms with Gasteiger partial charge in [0.2, 0.25) is 0 Å². The van der Waals surface area contributed by atoms with E-state index in [1.807, 2.05) is 27.7 Å². The molecule has 0 aromatic rings. The second kappa shape index (κ2) is 6.84. The Labute approximate surface area is 91.7 Å². The average molecular weight is 243 g/mol. The van der Waals surface area contributed by atoms with E-state index in [4.69, 9.17) is 20.6 Å². The van der Waals surface area contributed by atoms with E-state index in [1.54, 1.807) is 0 Å². The van der Waals surface area contributed by atoms with Crippen molar-refractivity contribution in [1.29, 1.82) is 0 Å². The summed E-state index contributed by atoms with van der Waals surface area (Å²) in [5.74, 6) is 0.656. The van der Waals surface area contributed by atoms with Crippen LogP contribution in [0.1, 0.15) is 27.7 Å². The van der Waals surface area contributed by atoms with Crippen LogP contribution in [0.4, 0.5) is 0 Å². The van der Waals surface area contributed by atoms with Crippen molar-refractivity contribution in [3.05, 3.63) is 0 Å². The van der Waals surface area contributed by atoms with Crippen LogP contribution in [0.3, 0.4) is 0 Å². The van der Waals surface area contributed by atoms with E-state index in [0.717, 1.165) is 0 Å². The number of halogens is 1. The summed E-state index contributed by atoms with van der Waals surface area (Å²) in [4.78, 5) is 0. The van der Waals surface area contributed by atoms with Gasteiger partial charge < -0.3 is 9.05 Å². The first-order valence-electron chi connectivity index (χ1n) is 4.83. The second-order valence-corrected chi connectivity index (χ2v) is 6.80. The quantitative estimate of drug-likeness (QED) is 0.504. The Kier molecular flexibility index (Phi) is 7.05. The van der Waals surface area contributed by atoms with Gasteiger partial charge in [-0.2, -0.15) is 0 Å². The van der Waals surface area contributed by atoms with Crippen LogP contribution in [0.15, 0.2) is 0 Å². The Morgan fingerprint density at radius 1 is 1.07 bits per heavy atom. The van der Waals surface area contributed by atoms with Gasteiger partial charge in [0.1, 0.15) is 5.62 Å². The zero-order valence-corrected chi connectivity index (χ0v) is 11.0. The number of rotatable bonds is 7. The van der Waals surface area contributed by atoms with Gasteiger partial charge in [-0.25, -0.2) is 0 Å². The molecular formula is C9H20ClO3P. The molecular weight excluding hydrogens is 223 g/mol. The van der Waals surface area contributed by atoms with E-state index in [2.05, 4.69) is 0 Å². The molecule has 0 spiro atoms. The van der Waals surface area contributed by atoms with Gasteiger partial charge in [-0.15, -0.1) is 11.6 Å². The molecule has 0 aromatic heterocycles. The molecule has 0 amide bonds. The molecule has 0 saturated heterocycles. The summed E-state index contributed by atoms with van der Waals surface area (Å²) in [6, 6.07) is 0. The largest absolute Gasteiger partial charge is 0.345 e. The van der Waals surface area contributed by atoms with Crippen molar-refractivity contribution >= 4 is 19.2 Å². The van der Waals surface area contributed by atoms with E-state index < -0.39 is 7.60 Å². The van der Waals surface area contributed by atoms with Gasteiger partial charge in [-0.1, -0.05) is 27.7 Å². The van der Waals surface area contributed by atoms with Crippen LogP contribution in [0.2, 0.25) is 0 Å². The Morgan fingerprint density at radius 3 is 1.64 bits per heavy atom. The summed E-state index contributed by atoms with van der Waals surface area (Å²) in [7, 11) is -3.04. The average Bonchev–Trinajstić information content (AvgIpc) is 2.11. The first kappa shape index (κ1) is 14.4. The normalized spacial score (nSPS) is 12.8. The monoisotopic (exact) mass is 242 g/mol. The molecule has 14 heavy (non-hydrogen) atoms. The van der Waals surface area contributed by atoms with Gasteiger partial charge in [-0.05, 0) is 11.8 Å². The molecule has 0 rings (SSSR count). The fraction of sp³-hybridized carbons (Fsp3) is 1.00. The molecule has 0 bridgehead atoms. The van der Waals surface area contributed by atoms with E-state index >= 15 is 0 Å². The SMILES string of the molecule is CC(C)COP(=O)(CCl)OCC(C)C. The molecule has 0 aliphatic carbocycles. The zero-order valence-electron chi connectivity index (χ0n) is 9.33. The van der Waals surface area contributed by atoms with Crippen LogP contribution in [0.5, 0.6) is 0 Å². The number of alkyl halides is 1. The smallest absolute Gasteiger partial charge is 0.307 e. The highest BCUT2D eigenvalue weighted by Crippen LogP contribution is 2.49. The molecule has 0 heterocycles.